The Morgan fingerprint density at radius 1 is 0.750 bits per heavy atom. The molecule has 0 aromatic heterocycles. The van der Waals surface area contributed by atoms with Gasteiger partial charge in [0.15, 0.2) is 0 Å². The minimum Gasteiger partial charge on any atom is -0.247 e. The summed E-state index contributed by atoms with van der Waals surface area (Å²) in [6.45, 7) is 0. The highest BCUT2D eigenvalue weighted by Crippen LogP contribution is 2.55. The quantitative estimate of drug-likeness (QED) is 0.527. The fourth-order valence-electron chi connectivity index (χ4n) is 3.77. The maximum absolute atomic E-state index is 13.5. The zero-order chi connectivity index (χ0) is 8.29. The summed E-state index contributed by atoms with van der Waals surface area (Å²) in [5.74, 6) is 0.887. The van der Waals surface area contributed by atoms with Crippen LogP contribution in [-0.4, -0.2) is 12.3 Å². The molecule has 0 aliphatic heterocycles. The molecule has 4 unspecified atom stereocenters. The molecule has 0 saturated heterocycles. The van der Waals surface area contributed by atoms with Crippen molar-refractivity contribution in [1.82, 2.24) is 0 Å². The van der Waals surface area contributed by atoms with E-state index in [-0.39, 0.29) is 17.8 Å². The van der Waals surface area contributed by atoms with Crippen molar-refractivity contribution in [3.05, 3.63) is 0 Å². The summed E-state index contributed by atoms with van der Waals surface area (Å²) in [4.78, 5) is 0. The molecule has 4 fully saturated rings. The average Bonchev–Trinajstić information content (AvgIpc) is 2.07. The first-order valence-corrected chi connectivity index (χ1v) is 5.04. The summed E-state index contributed by atoms with van der Waals surface area (Å²) >= 11 is 0. The van der Waals surface area contributed by atoms with E-state index in [0.717, 1.165) is 25.7 Å². The smallest absolute Gasteiger partial charge is 0.109 e. The van der Waals surface area contributed by atoms with Gasteiger partial charge in [-0.05, 0) is 43.4 Å². The van der Waals surface area contributed by atoms with Crippen LogP contribution < -0.4 is 0 Å². The minimum atomic E-state index is -0.812. The maximum atomic E-state index is 13.5. The Kier molecular flexibility index (Phi) is 1.34. The van der Waals surface area contributed by atoms with E-state index in [1.165, 1.54) is 0 Å². The van der Waals surface area contributed by atoms with Gasteiger partial charge in [-0.15, -0.1) is 0 Å². The van der Waals surface area contributed by atoms with Crippen LogP contribution in [0.1, 0.15) is 25.7 Å². The highest BCUT2D eigenvalue weighted by Gasteiger charge is 2.54. The molecule has 12 heavy (non-hydrogen) atoms. The third-order valence-corrected chi connectivity index (χ3v) is 4.20. The van der Waals surface area contributed by atoms with Gasteiger partial charge in [-0.2, -0.15) is 0 Å². The summed E-state index contributed by atoms with van der Waals surface area (Å²) in [6, 6.07) is 0. The molecule has 68 valence electrons. The molecule has 2 heteroatoms. The molecule has 0 aromatic carbocycles. The van der Waals surface area contributed by atoms with Gasteiger partial charge in [-0.25, -0.2) is 8.78 Å². The molecule has 4 rings (SSSR count). The second-order valence-corrected chi connectivity index (χ2v) is 4.88. The summed E-state index contributed by atoms with van der Waals surface area (Å²) in [5, 5.41) is 0. The molecule has 0 heterocycles. The van der Waals surface area contributed by atoms with E-state index < -0.39 is 12.3 Å². The summed E-state index contributed by atoms with van der Waals surface area (Å²) in [7, 11) is 0. The van der Waals surface area contributed by atoms with E-state index in [2.05, 4.69) is 0 Å². The van der Waals surface area contributed by atoms with Gasteiger partial charge in [0.25, 0.3) is 0 Å². The van der Waals surface area contributed by atoms with Gasteiger partial charge in [0.05, 0.1) is 0 Å². The standard InChI is InChI=1S/C10H14F2/c11-9-6-1-5-2-7(4-6)10(12)8(9)3-5/h5-10H,1-4H2. The Morgan fingerprint density at radius 2 is 1.33 bits per heavy atom. The molecule has 4 aliphatic rings. The predicted molar refractivity (Wildman–Crippen MR) is 42.2 cm³/mol. The van der Waals surface area contributed by atoms with E-state index in [1.807, 2.05) is 0 Å². The van der Waals surface area contributed by atoms with Gasteiger partial charge in [0.2, 0.25) is 0 Å². The number of rotatable bonds is 0. The normalized spacial score (nSPS) is 62.5. The maximum Gasteiger partial charge on any atom is 0.109 e. The van der Waals surface area contributed by atoms with Crippen LogP contribution >= 0.6 is 0 Å². The molecule has 4 aliphatic carbocycles. The first-order chi connectivity index (χ1) is 5.75. The lowest BCUT2D eigenvalue weighted by atomic mass is 9.54. The van der Waals surface area contributed by atoms with Gasteiger partial charge >= 0.3 is 0 Å². The highest BCUT2D eigenvalue weighted by molar-refractivity contribution is 5.03. The molecule has 4 saturated carbocycles. The van der Waals surface area contributed by atoms with Crippen molar-refractivity contribution in [1.29, 1.82) is 0 Å². The van der Waals surface area contributed by atoms with E-state index in [9.17, 15) is 8.78 Å². The number of alkyl halides is 2. The topological polar surface area (TPSA) is 0 Å². The van der Waals surface area contributed by atoms with Crippen LogP contribution in [0, 0.1) is 23.7 Å². The first kappa shape index (κ1) is 7.28. The molecule has 0 N–H and O–H groups in total. The minimum absolute atomic E-state index is 0.221. The lowest BCUT2D eigenvalue weighted by Crippen LogP contribution is -2.53. The number of halogens is 2. The third kappa shape index (κ3) is 0.763. The van der Waals surface area contributed by atoms with Crippen molar-refractivity contribution in [2.45, 2.75) is 38.0 Å². The van der Waals surface area contributed by atoms with Crippen LogP contribution in [0.2, 0.25) is 0 Å². The predicted octanol–water partition coefficient (Wildman–Crippen LogP) is 2.73. The molecule has 0 nitrogen and oxygen atoms in total. The summed E-state index contributed by atoms with van der Waals surface area (Å²) in [5.41, 5.74) is 0. The average molecular weight is 172 g/mol. The lowest BCUT2D eigenvalue weighted by Gasteiger charge is -2.53. The molecule has 4 bridgehead atoms. The fraction of sp³-hybridized carbons (Fsp3) is 1.00. The Labute approximate surface area is 71.3 Å². The molecule has 0 radical (unpaired) electrons. The van der Waals surface area contributed by atoms with Gasteiger partial charge < -0.3 is 0 Å². The SMILES string of the molecule is FC1C2CC3CC(C2)C(F)C1C3. The Hall–Kier alpha value is -0.140. The lowest BCUT2D eigenvalue weighted by molar-refractivity contribution is -0.106. The van der Waals surface area contributed by atoms with Crippen LogP contribution in [0.25, 0.3) is 0 Å². The molecule has 0 amide bonds. The second-order valence-electron chi connectivity index (χ2n) is 4.88. The van der Waals surface area contributed by atoms with Gasteiger partial charge in [-0.3, -0.25) is 0 Å². The first-order valence-electron chi connectivity index (χ1n) is 5.04. The van der Waals surface area contributed by atoms with Crippen molar-refractivity contribution in [3.63, 3.8) is 0 Å². The highest BCUT2D eigenvalue weighted by atomic mass is 19.1. The van der Waals surface area contributed by atoms with Crippen LogP contribution in [0.5, 0.6) is 0 Å². The number of hydrogen-bond donors (Lipinski definition) is 0. The van der Waals surface area contributed by atoms with Crippen LogP contribution in [0.3, 0.4) is 0 Å². The zero-order valence-electron chi connectivity index (χ0n) is 7.05. The number of hydrogen-bond acceptors (Lipinski definition) is 0. The molecular weight excluding hydrogens is 158 g/mol. The van der Waals surface area contributed by atoms with Crippen LogP contribution in [-0.2, 0) is 0 Å². The van der Waals surface area contributed by atoms with Crippen LogP contribution in [0.15, 0.2) is 0 Å². The molecule has 0 spiro atoms. The van der Waals surface area contributed by atoms with Crippen molar-refractivity contribution in [2.24, 2.45) is 23.7 Å². The molecule has 4 atom stereocenters. The van der Waals surface area contributed by atoms with E-state index in [1.54, 1.807) is 0 Å². The van der Waals surface area contributed by atoms with Gasteiger partial charge in [0.1, 0.15) is 12.3 Å². The van der Waals surface area contributed by atoms with Crippen molar-refractivity contribution < 1.29 is 8.78 Å². The van der Waals surface area contributed by atoms with Crippen molar-refractivity contribution >= 4 is 0 Å². The Balaban J connectivity index is 1.93. The Morgan fingerprint density at radius 3 is 1.92 bits per heavy atom. The fourth-order valence-corrected chi connectivity index (χ4v) is 3.77. The van der Waals surface area contributed by atoms with Crippen molar-refractivity contribution in [3.8, 4) is 0 Å². The second kappa shape index (κ2) is 2.21. The third-order valence-electron chi connectivity index (χ3n) is 4.20. The largest absolute Gasteiger partial charge is 0.247 e. The van der Waals surface area contributed by atoms with E-state index in [0.29, 0.717) is 5.92 Å². The van der Waals surface area contributed by atoms with Gasteiger partial charge in [0, 0.05) is 5.92 Å². The summed E-state index contributed by atoms with van der Waals surface area (Å²) < 4.78 is 27.0. The van der Waals surface area contributed by atoms with E-state index in [4.69, 9.17) is 0 Å². The molecule has 0 aromatic rings. The monoisotopic (exact) mass is 172 g/mol. The summed E-state index contributed by atoms with van der Waals surface area (Å²) in [6.07, 6.45) is 2.12. The Bertz CT molecular complexity index is 186. The van der Waals surface area contributed by atoms with Gasteiger partial charge in [-0.1, -0.05) is 0 Å². The van der Waals surface area contributed by atoms with E-state index >= 15 is 0 Å². The van der Waals surface area contributed by atoms with Crippen LogP contribution in [0.4, 0.5) is 8.78 Å². The zero-order valence-corrected chi connectivity index (χ0v) is 7.05. The molecular formula is C10H14F2. The van der Waals surface area contributed by atoms with Crippen molar-refractivity contribution in [2.75, 3.05) is 0 Å².